The van der Waals surface area contributed by atoms with Crippen molar-refractivity contribution in [2.75, 3.05) is 31.7 Å². The van der Waals surface area contributed by atoms with Gasteiger partial charge in [0.15, 0.2) is 0 Å². The quantitative estimate of drug-likeness (QED) is 0.708. The molecule has 0 spiro atoms. The van der Waals surface area contributed by atoms with Gasteiger partial charge >= 0.3 is 0 Å². The number of hydrogen-bond donors (Lipinski definition) is 1. The van der Waals surface area contributed by atoms with Crippen molar-refractivity contribution in [3.8, 4) is 0 Å². The number of ether oxygens (including phenoxy) is 1. The first-order valence-electron chi connectivity index (χ1n) is 8.80. The van der Waals surface area contributed by atoms with Crippen molar-refractivity contribution in [3.63, 3.8) is 0 Å². The van der Waals surface area contributed by atoms with Crippen LogP contribution < -0.4 is 5.73 Å². The Hall–Kier alpha value is -0.750. The minimum Gasteiger partial charge on any atom is -0.376 e. The summed E-state index contributed by atoms with van der Waals surface area (Å²) in [5.74, 6) is 0.977. The number of aryl methyl sites for hydroxylation is 1. The molecule has 142 valence electrons. The zero-order valence-electron chi connectivity index (χ0n) is 15.3. The van der Waals surface area contributed by atoms with Gasteiger partial charge in [0.25, 0.3) is 0 Å². The van der Waals surface area contributed by atoms with Crippen LogP contribution in [0.3, 0.4) is 0 Å². The number of nitrogens with two attached hydrogens (primary N) is 1. The minimum absolute atomic E-state index is 0. The van der Waals surface area contributed by atoms with Crippen LogP contribution in [0, 0.1) is 6.92 Å². The van der Waals surface area contributed by atoms with Gasteiger partial charge in [-0.25, -0.2) is 0 Å². The molecule has 1 heterocycles. The van der Waals surface area contributed by atoms with Gasteiger partial charge in [0.2, 0.25) is 5.91 Å². The molecule has 1 unspecified atom stereocenters. The van der Waals surface area contributed by atoms with Crippen molar-refractivity contribution in [1.29, 1.82) is 0 Å². The summed E-state index contributed by atoms with van der Waals surface area (Å²) in [6, 6.07) is 8.10. The summed E-state index contributed by atoms with van der Waals surface area (Å²) in [4.78, 5) is 14.7. The largest absolute Gasteiger partial charge is 0.376 e. The third-order valence-corrected chi connectivity index (χ3v) is 5.14. The van der Waals surface area contributed by atoms with Gasteiger partial charge in [0.05, 0.1) is 12.1 Å². The molecular formula is C19H31ClN2O2S. The Morgan fingerprint density at radius 3 is 2.72 bits per heavy atom. The van der Waals surface area contributed by atoms with E-state index >= 15 is 0 Å². The van der Waals surface area contributed by atoms with Crippen LogP contribution in [0.25, 0.3) is 0 Å². The molecule has 1 aliphatic rings. The molecule has 0 radical (unpaired) electrons. The van der Waals surface area contributed by atoms with Crippen LogP contribution in [0.1, 0.15) is 30.4 Å². The molecule has 1 fully saturated rings. The number of carbonyl (C=O) groups excluding carboxylic acids is 1. The van der Waals surface area contributed by atoms with Crippen molar-refractivity contribution in [1.82, 2.24) is 4.90 Å². The second-order valence-corrected chi connectivity index (χ2v) is 7.53. The Labute approximate surface area is 162 Å². The Morgan fingerprint density at radius 2 is 2.12 bits per heavy atom. The first kappa shape index (κ1) is 22.3. The molecule has 1 aromatic carbocycles. The summed E-state index contributed by atoms with van der Waals surface area (Å²) < 4.78 is 5.72. The molecule has 0 aromatic heterocycles. The standard InChI is InChI=1S/C19H30N2O2S.ClH/c1-15-5-7-16(8-6-15)9-11-21(14-17-4-3-12-23-17)19(22)18(20)10-13-24-2;/h5-8,17-18H,3-4,9-14,20H2,1-2H3;1H/t17?,18-;/m0./s1. The van der Waals surface area contributed by atoms with Crippen LogP contribution in [0.5, 0.6) is 0 Å². The monoisotopic (exact) mass is 386 g/mol. The Bertz CT molecular complexity index is 507. The molecule has 0 bridgehead atoms. The minimum atomic E-state index is -0.406. The first-order valence-corrected chi connectivity index (χ1v) is 10.2. The second kappa shape index (κ2) is 11.8. The van der Waals surface area contributed by atoms with E-state index in [-0.39, 0.29) is 24.4 Å². The lowest BCUT2D eigenvalue weighted by molar-refractivity contribution is -0.134. The topological polar surface area (TPSA) is 55.6 Å². The Kier molecular flexibility index (Phi) is 10.5. The maximum Gasteiger partial charge on any atom is 0.239 e. The van der Waals surface area contributed by atoms with E-state index in [0.29, 0.717) is 13.1 Å². The maximum absolute atomic E-state index is 12.7. The van der Waals surface area contributed by atoms with Gasteiger partial charge in [-0.15, -0.1) is 12.4 Å². The Morgan fingerprint density at radius 1 is 1.40 bits per heavy atom. The summed E-state index contributed by atoms with van der Waals surface area (Å²) in [6.45, 7) is 4.26. The average molecular weight is 387 g/mol. The molecule has 2 rings (SSSR count). The van der Waals surface area contributed by atoms with Gasteiger partial charge in [-0.3, -0.25) is 4.79 Å². The van der Waals surface area contributed by atoms with E-state index in [1.165, 1.54) is 11.1 Å². The predicted molar refractivity (Wildman–Crippen MR) is 109 cm³/mol. The number of thioether (sulfide) groups is 1. The summed E-state index contributed by atoms with van der Waals surface area (Å²) in [5.41, 5.74) is 8.63. The van der Waals surface area contributed by atoms with Crippen LogP contribution in [0.4, 0.5) is 0 Å². The van der Waals surface area contributed by atoms with Gasteiger partial charge < -0.3 is 15.4 Å². The van der Waals surface area contributed by atoms with Gasteiger partial charge in [-0.1, -0.05) is 29.8 Å². The molecule has 6 heteroatoms. The highest BCUT2D eigenvalue weighted by molar-refractivity contribution is 7.98. The summed E-state index contributed by atoms with van der Waals surface area (Å²) >= 11 is 1.73. The van der Waals surface area contributed by atoms with E-state index in [1.54, 1.807) is 11.8 Å². The van der Waals surface area contributed by atoms with Gasteiger partial charge in [-0.05, 0) is 50.2 Å². The zero-order valence-corrected chi connectivity index (χ0v) is 16.9. The summed E-state index contributed by atoms with van der Waals surface area (Å²) in [6.07, 6.45) is 5.91. The van der Waals surface area contributed by atoms with Crippen molar-refractivity contribution < 1.29 is 9.53 Å². The van der Waals surface area contributed by atoms with Crippen LogP contribution in [-0.2, 0) is 16.0 Å². The average Bonchev–Trinajstić information content (AvgIpc) is 3.10. The van der Waals surface area contributed by atoms with E-state index in [1.807, 2.05) is 11.2 Å². The van der Waals surface area contributed by atoms with Crippen molar-refractivity contribution in [2.45, 2.75) is 44.8 Å². The fraction of sp³-hybridized carbons (Fsp3) is 0.632. The lowest BCUT2D eigenvalue weighted by atomic mass is 10.1. The fourth-order valence-electron chi connectivity index (χ4n) is 2.95. The maximum atomic E-state index is 12.7. The van der Waals surface area contributed by atoms with Gasteiger partial charge in [-0.2, -0.15) is 11.8 Å². The van der Waals surface area contributed by atoms with Crippen LogP contribution >= 0.6 is 24.2 Å². The van der Waals surface area contributed by atoms with E-state index in [0.717, 1.165) is 38.0 Å². The van der Waals surface area contributed by atoms with Crippen molar-refractivity contribution >= 4 is 30.1 Å². The van der Waals surface area contributed by atoms with E-state index in [2.05, 4.69) is 31.2 Å². The number of rotatable bonds is 9. The number of hydrogen-bond acceptors (Lipinski definition) is 4. The molecule has 4 nitrogen and oxygen atoms in total. The molecule has 2 N–H and O–H groups in total. The molecular weight excluding hydrogens is 356 g/mol. The van der Waals surface area contributed by atoms with Crippen LogP contribution in [-0.4, -0.2) is 54.7 Å². The predicted octanol–water partition coefficient (Wildman–Crippen LogP) is 3.05. The third kappa shape index (κ3) is 7.57. The lowest BCUT2D eigenvalue weighted by Gasteiger charge is -2.28. The molecule has 0 saturated carbocycles. The van der Waals surface area contributed by atoms with Crippen molar-refractivity contribution in [2.24, 2.45) is 5.73 Å². The number of nitrogens with zero attached hydrogens (tertiary/aromatic N) is 1. The highest BCUT2D eigenvalue weighted by atomic mass is 35.5. The zero-order chi connectivity index (χ0) is 17.4. The molecule has 1 aromatic rings. The highest BCUT2D eigenvalue weighted by Gasteiger charge is 2.25. The molecule has 2 atom stereocenters. The van der Waals surface area contributed by atoms with Crippen molar-refractivity contribution in [3.05, 3.63) is 35.4 Å². The number of halogens is 1. The molecule has 1 aliphatic heterocycles. The molecule has 0 aliphatic carbocycles. The first-order chi connectivity index (χ1) is 11.6. The lowest BCUT2D eigenvalue weighted by Crippen LogP contribution is -2.47. The van der Waals surface area contributed by atoms with Crippen LogP contribution in [0.15, 0.2) is 24.3 Å². The summed E-state index contributed by atoms with van der Waals surface area (Å²) in [5, 5.41) is 0. The van der Waals surface area contributed by atoms with E-state index in [9.17, 15) is 4.79 Å². The SMILES string of the molecule is CSCC[C@H](N)C(=O)N(CCc1ccc(C)cc1)CC1CCCO1.Cl. The second-order valence-electron chi connectivity index (χ2n) is 6.54. The number of benzene rings is 1. The van der Waals surface area contributed by atoms with E-state index in [4.69, 9.17) is 10.5 Å². The highest BCUT2D eigenvalue weighted by Crippen LogP contribution is 2.15. The van der Waals surface area contributed by atoms with Crippen LogP contribution in [0.2, 0.25) is 0 Å². The summed E-state index contributed by atoms with van der Waals surface area (Å²) in [7, 11) is 0. The van der Waals surface area contributed by atoms with E-state index < -0.39 is 6.04 Å². The third-order valence-electron chi connectivity index (χ3n) is 4.50. The fourth-order valence-corrected chi connectivity index (χ4v) is 3.44. The molecule has 1 amide bonds. The molecule has 1 saturated heterocycles. The van der Waals surface area contributed by atoms with Gasteiger partial charge in [0, 0.05) is 19.7 Å². The van der Waals surface area contributed by atoms with Gasteiger partial charge in [0.1, 0.15) is 0 Å². The Balaban J connectivity index is 0.00000312. The smallest absolute Gasteiger partial charge is 0.239 e. The normalized spacial score (nSPS) is 17.8. The molecule has 25 heavy (non-hydrogen) atoms. The number of carbonyl (C=O) groups is 1. The number of amides is 1.